The summed E-state index contributed by atoms with van der Waals surface area (Å²) in [5.74, 6) is 1.18. The molecule has 0 saturated heterocycles. The Morgan fingerprint density at radius 3 is 2.86 bits per heavy atom. The number of anilines is 2. The van der Waals surface area contributed by atoms with Crippen molar-refractivity contribution in [2.24, 2.45) is 0 Å². The zero-order chi connectivity index (χ0) is 14.7. The van der Waals surface area contributed by atoms with Gasteiger partial charge in [-0.1, -0.05) is 24.3 Å². The van der Waals surface area contributed by atoms with Crippen molar-refractivity contribution in [3.05, 3.63) is 47.2 Å². The van der Waals surface area contributed by atoms with Gasteiger partial charge in [0.25, 0.3) is 0 Å². The molecule has 0 fully saturated rings. The maximum absolute atomic E-state index is 5.83. The van der Waals surface area contributed by atoms with Crippen molar-refractivity contribution in [2.45, 2.75) is 26.0 Å². The summed E-state index contributed by atoms with van der Waals surface area (Å²) >= 11 is 0. The molecule has 5 nitrogen and oxygen atoms in total. The number of nitrogens with two attached hydrogens (primary N) is 1. The minimum absolute atomic E-state index is 0.303. The fraction of sp³-hybridized carbons (Fsp3) is 0.375. The maximum Gasteiger partial charge on any atom is 0.222 e. The van der Waals surface area contributed by atoms with Gasteiger partial charge in [-0.3, -0.25) is 0 Å². The van der Waals surface area contributed by atoms with Gasteiger partial charge in [0.15, 0.2) is 0 Å². The number of rotatable bonds is 3. The van der Waals surface area contributed by atoms with Crippen molar-refractivity contribution < 1.29 is 4.74 Å². The number of ether oxygens (including phenoxy) is 1. The lowest BCUT2D eigenvalue weighted by Crippen LogP contribution is -2.24. The Morgan fingerprint density at radius 2 is 2.05 bits per heavy atom. The van der Waals surface area contributed by atoms with E-state index in [0.717, 1.165) is 37.4 Å². The number of aryl methyl sites for hydroxylation is 1. The van der Waals surface area contributed by atoms with Crippen molar-refractivity contribution in [3.63, 3.8) is 0 Å². The first-order chi connectivity index (χ1) is 10.3. The lowest BCUT2D eigenvalue weighted by molar-refractivity contribution is 0.181. The molecule has 0 bridgehead atoms. The van der Waals surface area contributed by atoms with E-state index >= 15 is 0 Å². The summed E-state index contributed by atoms with van der Waals surface area (Å²) in [6.45, 7) is 2.28. The Balaban J connectivity index is 1.90. The molecule has 21 heavy (non-hydrogen) atoms. The van der Waals surface area contributed by atoms with Crippen LogP contribution in [0.2, 0.25) is 0 Å². The molecule has 0 atom stereocenters. The molecule has 0 saturated carbocycles. The van der Waals surface area contributed by atoms with Crippen LogP contribution in [-0.2, 0) is 24.3 Å². The van der Waals surface area contributed by atoms with E-state index in [0.29, 0.717) is 12.6 Å². The zero-order valence-corrected chi connectivity index (χ0v) is 12.2. The van der Waals surface area contributed by atoms with Gasteiger partial charge in [-0.25, -0.2) is 4.98 Å². The maximum atomic E-state index is 5.83. The largest absolute Gasteiger partial charge is 0.378 e. The van der Waals surface area contributed by atoms with Crippen LogP contribution in [0.3, 0.4) is 0 Å². The number of nitrogen functional groups attached to an aromatic ring is 1. The minimum Gasteiger partial charge on any atom is -0.378 e. The molecular weight excluding hydrogens is 264 g/mol. The highest BCUT2D eigenvalue weighted by molar-refractivity contribution is 5.46. The van der Waals surface area contributed by atoms with Crippen LogP contribution >= 0.6 is 0 Å². The van der Waals surface area contributed by atoms with E-state index in [4.69, 9.17) is 10.5 Å². The monoisotopic (exact) mass is 284 g/mol. The number of fused-ring (bicyclic) bond motifs is 1. The molecular formula is C16H20N4O. The van der Waals surface area contributed by atoms with Crippen molar-refractivity contribution in [3.8, 4) is 0 Å². The molecule has 2 aromatic rings. The van der Waals surface area contributed by atoms with Gasteiger partial charge in [-0.05, 0) is 24.0 Å². The van der Waals surface area contributed by atoms with Crippen molar-refractivity contribution in [1.29, 1.82) is 0 Å². The van der Waals surface area contributed by atoms with Gasteiger partial charge in [0, 0.05) is 26.3 Å². The van der Waals surface area contributed by atoms with Crippen LogP contribution in [0.4, 0.5) is 11.8 Å². The number of aromatic nitrogens is 2. The van der Waals surface area contributed by atoms with E-state index in [9.17, 15) is 0 Å². The second-order valence-corrected chi connectivity index (χ2v) is 5.30. The normalized spacial score (nSPS) is 14.6. The van der Waals surface area contributed by atoms with E-state index < -0.39 is 0 Å². The molecule has 1 aromatic heterocycles. The Labute approximate surface area is 124 Å². The Morgan fingerprint density at radius 1 is 1.24 bits per heavy atom. The number of nitrogens with zero attached hydrogens (tertiary/aromatic N) is 3. The van der Waals surface area contributed by atoms with Gasteiger partial charge in [0.05, 0.1) is 12.3 Å². The molecule has 3 rings (SSSR count). The first-order valence-corrected chi connectivity index (χ1v) is 7.20. The summed E-state index contributed by atoms with van der Waals surface area (Å²) in [6.07, 6.45) is 2.22. The molecule has 0 amide bonds. The van der Waals surface area contributed by atoms with E-state index in [1.165, 1.54) is 11.1 Å². The predicted molar refractivity (Wildman–Crippen MR) is 83.0 cm³/mol. The molecule has 1 aliphatic heterocycles. The highest BCUT2D eigenvalue weighted by atomic mass is 16.5. The summed E-state index contributed by atoms with van der Waals surface area (Å²) < 4.78 is 5.14. The summed E-state index contributed by atoms with van der Waals surface area (Å²) in [6, 6.07) is 10.6. The van der Waals surface area contributed by atoms with Crippen LogP contribution in [0.25, 0.3) is 0 Å². The molecule has 2 heterocycles. The average Bonchev–Trinajstić information content (AvgIpc) is 2.69. The third-order valence-corrected chi connectivity index (χ3v) is 3.75. The fourth-order valence-electron chi connectivity index (χ4n) is 2.78. The molecule has 0 radical (unpaired) electrons. The van der Waals surface area contributed by atoms with Crippen LogP contribution in [-0.4, -0.2) is 23.6 Å². The molecule has 1 aliphatic rings. The van der Waals surface area contributed by atoms with Gasteiger partial charge in [-0.2, -0.15) is 4.98 Å². The van der Waals surface area contributed by atoms with Crippen LogP contribution in [0.5, 0.6) is 0 Å². The smallest absolute Gasteiger partial charge is 0.222 e. The first kappa shape index (κ1) is 13.8. The second kappa shape index (κ2) is 6.10. The molecule has 0 spiro atoms. The Kier molecular flexibility index (Phi) is 4.01. The molecule has 5 heteroatoms. The average molecular weight is 284 g/mol. The lowest BCUT2D eigenvalue weighted by atomic mass is 10.0. The van der Waals surface area contributed by atoms with Gasteiger partial charge < -0.3 is 15.4 Å². The lowest BCUT2D eigenvalue weighted by Gasteiger charge is -2.22. The number of benzene rings is 1. The summed E-state index contributed by atoms with van der Waals surface area (Å²) in [5, 5.41) is 0. The summed E-state index contributed by atoms with van der Waals surface area (Å²) in [7, 11) is 1.65. The van der Waals surface area contributed by atoms with Gasteiger partial charge in [0.1, 0.15) is 5.82 Å². The van der Waals surface area contributed by atoms with Crippen LogP contribution in [0.1, 0.15) is 23.2 Å². The molecule has 2 N–H and O–H groups in total. The second-order valence-electron chi connectivity index (χ2n) is 5.30. The number of hydrogen-bond donors (Lipinski definition) is 1. The van der Waals surface area contributed by atoms with Gasteiger partial charge in [-0.15, -0.1) is 0 Å². The molecule has 1 aromatic carbocycles. The third kappa shape index (κ3) is 3.13. The van der Waals surface area contributed by atoms with E-state index in [1.54, 1.807) is 7.11 Å². The van der Waals surface area contributed by atoms with E-state index in [1.807, 2.05) is 6.07 Å². The Bertz CT molecular complexity index is 629. The zero-order valence-electron chi connectivity index (χ0n) is 12.2. The summed E-state index contributed by atoms with van der Waals surface area (Å²) in [4.78, 5) is 10.9. The van der Waals surface area contributed by atoms with Crippen LogP contribution in [0, 0.1) is 0 Å². The highest BCUT2D eigenvalue weighted by Gasteiger charge is 2.16. The standard InChI is InChI=1S/C16H20N4O/c1-21-11-14-9-15(19-16(17)18-14)20-8-4-7-12-5-2-3-6-13(12)10-20/h2-3,5-6,9H,4,7-8,10-11H2,1H3,(H2,17,18,19). The van der Waals surface area contributed by atoms with Crippen molar-refractivity contribution >= 4 is 11.8 Å². The summed E-state index contributed by atoms with van der Waals surface area (Å²) in [5.41, 5.74) is 9.43. The van der Waals surface area contributed by atoms with Crippen LogP contribution < -0.4 is 10.6 Å². The SMILES string of the molecule is COCc1cc(N2CCCc3ccccc3C2)nc(N)n1. The molecule has 0 aliphatic carbocycles. The van der Waals surface area contributed by atoms with Gasteiger partial charge in [0.2, 0.25) is 5.95 Å². The topological polar surface area (TPSA) is 64.3 Å². The Hall–Kier alpha value is -2.14. The fourth-order valence-corrected chi connectivity index (χ4v) is 2.78. The van der Waals surface area contributed by atoms with Crippen LogP contribution in [0.15, 0.2) is 30.3 Å². The predicted octanol–water partition coefficient (Wildman–Crippen LogP) is 2.16. The minimum atomic E-state index is 0.303. The molecule has 0 unspecified atom stereocenters. The van der Waals surface area contributed by atoms with E-state index in [2.05, 4.69) is 39.1 Å². The van der Waals surface area contributed by atoms with Crippen molar-refractivity contribution in [2.75, 3.05) is 24.3 Å². The van der Waals surface area contributed by atoms with Crippen molar-refractivity contribution in [1.82, 2.24) is 9.97 Å². The van der Waals surface area contributed by atoms with Gasteiger partial charge >= 0.3 is 0 Å². The number of methoxy groups -OCH3 is 1. The quantitative estimate of drug-likeness (QED) is 0.935. The first-order valence-electron chi connectivity index (χ1n) is 7.20. The highest BCUT2D eigenvalue weighted by Crippen LogP contribution is 2.23. The number of hydrogen-bond acceptors (Lipinski definition) is 5. The van der Waals surface area contributed by atoms with E-state index in [-0.39, 0.29) is 0 Å². The third-order valence-electron chi connectivity index (χ3n) is 3.75. The molecule has 110 valence electrons.